The highest BCUT2D eigenvalue weighted by molar-refractivity contribution is 9.10. The molecule has 3 nitrogen and oxygen atoms in total. The number of hydrogen-bond acceptors (Lipinski definition) is 2. The number of hydrogen-bond donors (Lipinski definition) is 0. The van der Waals surface area contributed by atoms with E-state index in [0.29, 0.717) is 9.86 Å². The number of nitrogens with zero attached hydrogens (tertiary/aromatic N) is 1. The molecule has 0 aliphatic rings. The minimum absolute atomic E-state index is 0. The molecule has 0 aromatic heterocycles. The largest absolute Gasteiger partial charge is 0.291 e. The fourth-order valence-electron chi connectivity index (χ4n) is 1.41. The molecule has 15 heavy (non-hydrogen) atoms. The molecule has 0 aliphatic carbocycles. The van der Waals surface area contributed by atoms with Crippen LogP contribution >= 0.6 is 15.9 Å². The first-order valence-corrected chi connectivity index (χ1v) is 4.81. The Balaban J connectivity index is 0.00000112. The molecular formula is C10H9BBrNO2. The molecule has 0 unspecified atom stereocenters. The van der Waals surface area contributed by atoms with Gasteiger partial charge in [0.25, 0.3) is 5.69 Å². The maximum atomic E-state index is 10.8. The molecule has 0 bridgehead atoms. The molecule has 0 N–H and O–H groups in total. The van der Waals surface area contributed by atoms with Crippen molar-refractivity contribution in [1.82, 2.24) is 0 Å². The lowest BCUT2D eigenvalue weighted by molar-refractivity contribution is -0.383. The van der Waals surface area contributed by atoms with E-state index in [0.717, 1.165) is 5.39 Å². The van der Waals surface area contributed by atoms with Gasteiger partial charge >= 0.3 is 0 Å². The zero-order valence-electron chi connectivity index (χ0n) is 7.11. The minimum atomic E-state index is -0.369. The molecule has 2 aromatic rings. The highest BCUT2D eigenvalue weighted by Gasteiger charge is 2.15. The lowest BCUT2D eigenvalue weighted by Crippen LogP contribution is -1.90. The normalized spacial score (nSPS) is 9.67. The van der Waals surface area contributed by atoms with Crippen LogP contribution in [0.15, 0.2) is 40.9 Å². The van der Waals surface area contributed by atoms with Gasteiger partial charge in [-0.3, -0.25) is 10.1 Å². The van der Waals surface area contributed by atoms with E-state index in [9.17, 15) is 10.1 Å². The Kier molecular flexibility index (Phi) is 3.47. The van der Waals surface area contributed by atoms with Crippen molar-refractivity contribution in [3.05, 3.63) is 51.0 Å². The maximum Gasteiger partial charge on any atom is 0.291 e. The average molecular weight is 266 g/mol. The quantitative estimate of drug-likeness (QED) is 0.451. The van der Waals surface area contributed by atoms with Crippen molar-refractivity contribution in [3.8, 4) is 0 Å². The highest BCUT2D eigenvalue weighted by Crippen LogP contribution is 2.32. The van der Waals surface area contributed by atoms with Gasteiger partial charge < -0.3 is 0 Å². The third-order valence-corrected chi connectivity index (χ3v) is 2.67. The van der Waals surface area contributed by atoms with Crippen LogP contribution in [0.2, 0.25) is 0 Å². The molecule has 0 spiro atoms. The number of halogens is 1. The standard InChI is InChI=1S/C10H6BrNO2.BH3/c11-9-6-5-7-3-1-2-4-8(7)10(9)12(13)14;/h1-6H;1H3. The number of nitro benzene ring substituents is 1. The molecule has 0 radical (unpaired) electrons. The third kappa shape index (κ3) is 2.02. The second kappa shape index (κ2) is 4.44. The van der Waals surface area contributed by atoms with Gasteiger partial charge in [0.1, 0.15) is 0 Å². The van der Waals surface area contributed by atoms with Crippen molar-refractivity contribution >= 4 is 40.8 Å². The zero-order valence-corrected chi connectivity index (χ0v) is 8.69. The highest BCUT2D eigenvalue weighted by atomic mass is 79.9. The average Bonchev–Trinajstić information content (AvgIpc) is 2.17. The summed E-state index contributed by atoms with van der Waals surface area (Å²) in [5.41, 5.74) is 0.128. The van der Waals surface area contributed by atoms with E-state index in [-0.39, 0.29) is 19.0 Å². The smallest absolute Gasteiger partial charge is 0.258 e. The zero-order chi connectivity index (χ0) is 10.1. The maximum absolute atomic E-state index is 10.8. The van der Waals surface area contributed by atoms with Gasteiger partial charge in [0.05, 0.1) is 23.2 Å². The molecule has 0 aliphatic heterocycles. The van der Waals surface area contributed by atoms with E-state index in [2.05, 4.69) is 15.9 Å². The van der Waals surface area contributed by atoms with Gasteiger partial charge in [-0.1, -0.05) is 24.3 Å². The molecular weight excluding hydrogens is 257 g/mol. The Bertz CT molecular complexity index is 516. The summed E-state index contributed by atoms with van der Waals surface area (Å²) in [6, 6.07) is 10.8. The summed E-state index contributed by atoms with van der Waals surface area (Å²) < 4.78 is 0.515. The van der Waals surface area contributed by atoms with Crippen LogP contribution in [0.1, 0.15) is 0 Å². The fourth-order valence-corrected chi connectivity index (χ4v) is 1.90. The molecule has 0 fully saturated rings. The lowest BCUT2D eigenvalue weighted by Gasteiger charge is -2.00. The summed E-state index contributed by atoms with van der Waals surface area (Å²) in [7, 11) is 0. The predicted molar refractivity (Wildman–Crippen MR) is 68.2 cm³/mol. The Morgan fingerprint density at radius 3 is 2.47 bits per heavy atom. The number of rotatable bonds is 1. The van der Waals surface area contributed by atoms with E-state index in [1.807, 2.05) is 18.2 Å². The van der Waals surface area contributed by atoms with Crippen LogP contribution in [0.5, 0.6) is 0 Å². The van der Waals surface area contributed by atoms with Gasteiger partial charge in [-0.25, -0.2) is 0 Å². The van der Waals surface area contributed by atoms with E-state index in [4.69, 9.17) is 0 Å². The second-order valence-corrected chi connectivity index (χ2v) is 3.73. The van der Waals surface area contributed by atoms with Crippen molar-refractivity contribution in [1.29, 1.82) is 0 Å². The first-order valence-electron chi connectivity index (χ1n) is 4.02. The molecule has 0 saturated heterocycles. The summed E-state index contributed by atoms with van der Waals surface area (Å²) in [5.74, 6) is 0. The van der Waals surface area contributed by atoms with Crippen LogP contribution in [0, 0.1) is 10.1 Å². The SMILES string of the molecule is B.O=[N+]([O-])c1c(Br)ccc2ccccc12. The Morgan fingerprint density at radius 1 is 1.13 bits per heavy atom. The summed E-state index contributed by atoms with van der Waals surface area (Å²) in [4.78, 5) is 10.4. The molecule has 0 saturated carbocycles. The van der Waals surface area contributed by atoms with E-state index >= 15 is 0 Å². The van der Waals surface area contributed by atoms with Crippen LogP contribution in [0.4, 0.5) is 5.69 Å². The molecule has 0 atom stereocenters. The lowest BCUT2D eigenvalue weighted by atomic mass is 10.1. The fraction of sp³-hybridized carbons (Fsp3) is 0. The molecule has 0 heterocycles. The van der Waals surface area contributed by atoms with E-state index in [1.165, 1.54) is 0 Å². The van der Waals surface area contributed by atoms with Crippen molar-refractivity contribution in [2.24, 2.45) is 0 Å². The van der Waals surface area contributed by atoms with E-state index in [1.54, 1.807) is 18.2 Å². The predicted octanol–water partition coefficient (Wildman–Crippen LogP) is 2.33. The van der Waals surface area contributed by atoms with Gasteiger partial charge in [0, 0.05) is 0 Å². The molecule has 5 heteroatoms. The van der Waals surface area contributed by atoms with Crippen LogP contribution < -0.4 is 0 Å². The molecule has 2 aromatic carbocycles. The van der Waals surface area contributed by atoms with Crippen LogP contribution in [-0.4, -0.2) is 13.3 Å². The summed E-state index contributed by atoms with van der Waals surface area (Å²) in [6.07, 6.45) is 0. The van der Waals surface area contributed by atoms with Gasteiger partial charge in [-0.15, -0.1) is 0 Å². The molecule has 2 rings (SSSR count). The van der Waals surface area contributed by atoms with Crippen LogP contribution in [0.3, 0.4) is 0 Å². The molecule has 0 amide bonds. The van der Waals surface area contributed by atoms with Crippen LogP contribution in [-0.2, 0) is 0 Å². The van der Waals surface area contributed by atoms with Gasteiger partial charge in [0.15, 0.2) is 0 Å². The van der Waals surface area contributed by atoms with Gasteiger partial charge in [-0.2, -0.15) is 0 Å². The van der Waals surface area contributed by atoms with Crippen molar-refractivity contribution < 1.29 is 4.92 Å². The monoisotopic (exact) mass is 265 g/mol. The first kappa shape index (κ1) is 11.7. The minimum Gasteiger partial charge on any atom is -0.258 e. The second-order valence-electron chi connectivity index (χ2n) is 2.87. The van der Waals surface area contributed by atoms with E-state index < -0.39 is 0 Å². The van der Waals surface area contributed by atoms with Gasteiger partial charge in [-0.05, 0) is 33.4 Å². The van der Waals surface area contributed by atoms with Gasteiger partial charge in [0.2, 0.25) is 0 Å². The first-order chi connectivity index (χ1) is 6.70. The van der Waals surface area contributed by atoms with Crippen molar-refractivity contribution in [2.75, 3.05) is 0 Å². The number of nitro groups is 1. The Hall–Kier alpha value is -1.36. The summed E-state index contributed by atoms with van der Waals surface area (Å²) >= 11 is 3.18. The summed E-state index contributed by atoms with van der Waals surface area (Å²) in [5, 5.41) is 12.3. The third-order valence-electron chi connectivity index (χ3n) is 2.03. The molecule has 76 valence electrons. The Labute approximate surface area is 97.0 Å². The Morgan fingerprint density at radius 2 is 1.80 bits per heavy atom. The topological polar surface area (TPSA) is 43.1 Å². The summed E-state index contributed by atoms with van der Waals surface area (Å²) in [6.45, 7) is 0. The van der Waals surface area contributed by atoms with Crippen molar-refractivity contribution in [2.45, 2.75) is 0 Å². The number of fused-ring (bicyclic) bond motifs is 1. The van der Waals surface area contributed by atoms with Crippen LogP contribution in [0.25, 0.3) is 10.8 Å². The number of benzene rings is 2. The van der Waals surface area contributed by atoms with Crippen molar-refractivity contribution in [3.63, 3.8) is 0 Å².